The van der Waals surface area contributed by atoms with Gasteiger partial charge in [-0.2, -0.15) is 0 Å². The van der Waals surface area contributed by atoms with Crippen LogP contribution in [-0.2, 0) is 7.05 Å². The Kier molecular flexibility index (Phi) is 3.90. The van der Waals surface area contributed by atoms with Gasteiger partial charge in [0.25, 0.3) is 0 Å². The highest BCUT2D eigenvalue weighted by molar-refractivity contribution is 5.21. The Hall–Kier alpha value is -1.82. The summed E-state index contributed by atoms with van der Waals surface area (Å²) >= 11 is 0. The predicted octanol–water partition coefficient (Wildman–Crippen LogP) is 2.51. The molecule has 1 aromatic heterocycles. The van der Waals surface area contributed by atoms with Gasteiger partial charge in [0.15, 0.2) is 11.6 Å². The third-order valence-corrected chi connectivity index (χ3v) is 3.08. The molecular formula is C13H16F2N4. The summed E-state index contributed by atoms with van der Waals surface area (Å²) in [5, 5.41) is 11.1. The van der Waals surface area contributed by atoms with E-state index in [4.69, 9.17) is 0 Å². The monoisotopic (exact) mass is 266 g/mol. The molecule has 6 heteroatoms. The van der Waals surface area contributed by atoms with E-state index < -0.39 is 11.6 Å². The van der Waals surface area contributed by atoms with Gasteiger partial charge >= 0.3 is 0 Å². The van der Waals surface area contributed by atoms with Crippen molar-refractivity contribution in [3.05, 3.63) is 47.5 Å². The fraction of sp³-hybridized carbons (Fsp3) is 0.385. The van der Waals surface area contributed by atoms with Gasteiger partial charge in [0.1, 0.15) is 12.2 Å². The highest BCUT2D eigenvalue weighted by Gasteiger charge is 2.16. The summed E-state index contributed by atoms with van der Waals surface area (Å²) in [5.41, 5.74) is 0.688. The number of aromatic nitrogens is 3. The van der Waals surface area contributed by atoms with Crippen molar-refractivity contribution in [2.24, 2.45) is 7.05 Å². The zero-order chi connectivity index (χ0) is 14.0. The summed E-state index contributed by atoms with van der Waals surface area (Å²) in [6.07, 6.45) is 1.62. The van der Waals surface area contributed by atoms with Crippen LogP contribution in [0.25, 0.3) is 0 Å². The molecular weight excluding hydrogens is 250 g/mol. The Balaban J connectivity index is 2.10. The van der Waals surface area contributed by atoms with Gasteiger partial charge in [-0.3, -0.25) is 0 Å². The molecule has 0 saturated carbocycles. The first-order chi connectivity index (χ1) is 8.99. The average molecular weight is 266 g/mol. The van der Waals surface area contributed by atoms with Crippen LogP contribution in [0.2, 0.25) is 0 Å². The van der Waals surface area contributed by atoms with E-state index in [0.717, 1.165) is 11.9 Å². The molecule has 0 radical (unpaired) electrons. The number of nitrogens with one attached hydrogen (secondary N) is 1. The third kappa shape index (κ3) is 2.96. The number of rotatable bonds is 4. The lowest BCUT2D eigenvalue weighted by Gasteiger charge is -2.19. The van der Waals surface area contributed by atoms with E-state index in [2.05, 4.69) is 15.5 Å². The van der Waals surface area contributed by atoms with Crippen LogP contribution in [0.3, 0.4) is 0 Å². The van der Waals surface area contributed by atoms with Crippen LogP contribution < -0.4 is 5.32 Å². The SMILES string of the molecule is CC(NC(C)c1nncn1C)c1ccc(F)c(F)c1. The van der Waals surface area contributed by atoms with Crippen LogP contribution in [0.1, 0.15) is 37.3 Å². The van der Waals surface area contributed by atoms with Crippen LogP contribution in [0.5, 0.6) is 0 Å². The van der Waals surface area contributed by atoms with Crippen molar-refractivity contribution in [1.29, 1.82) is 0 Å². The first-order valence-electron chi connectivity index (χ1n) is 6.04. The number of hydrogen-bond donors (Lipinski definition) is 1. The van der Waals surface area contributed by atoms with Crippen molar-refractivity contribution in [2.45, 2.75) is 25.9 Å². The van der Waals surface area contributed by atoms with Crippen LogP contribution in [-0.4, -0.2) is 14.8 Å². The van der Waals surface area contributed by atoms with Gasteiger partial charge in [-0.25, -0.2) is 8.78 Å². The minimum atomic E-state index is -0.836. The Labute approximate surface area is 110 Å². The van der Waals surface area contributed by atoms with Crippen molar-refractivity contribution in [3.8, 4) is 0 Å². The van der Waals surface area contributed by atoms with Crippen LogP contribution in [0.4, 0.5) is 8.78 Å². The second kappa shape index (κ2) is 5.44. The van der Waals surface area contributed by atoms with Crippen molar-refractivity contribution in [1.82, 2.24) is 20.1 Å². The molecule has 2 rings (SSSR count). The van der Waals surface area contributed by atoms with Crippen molar-refractivity contribution in [2.75, 3.05) is 0 Å². The Morgan fingerprint density at radius 3 is 2.47 bits per heavy atom. The van der Waals surface area contributed by atoms with Gasteiger partial charge in [-0.15, -0.1) is 10.2 Å². The number of nitrogens with zero attached hydrogens (tertiary/aromatic N) is 3. The summed E-state index contributed by atoms with van der Waals surface area (Å²) in [6.45, 7) is 3.83. The summed E-state index contributed by atoms with van der Waals surface area (Å²) in [4.78, 5) is 0. The van der Waals surface area contributed by atoms with Gasteiger partial charge < -0.3 is 9.88 Å². The van der Waals surface area contributed by atoms with Crippen molar-refractivity contribution < 1.29 is 8.78 Å². The smallest absolute Gasteiger partial charge is 0.159 e. The summed E-state index contributed by atoms with van der Waals surface area (Å²) in [5.74, 6) is -0.885. The zero-order valence-electron chi connectivity index (χ0n) is 11.1. The molecule has 0 fully saturated rings. The normalized spacial score (nSPS) is 14.4. The minimum Gasteiger partial charge on any atom is -0.319 e. The molecule has 0 spiro atoms. The quantitative estimate of drug-likeness (QED) is 0.924. The number of aryl methyl sites for hydroxylation is 1. The van der Waals surface area contributed by atoms with E-state index in [-0.39, 0.29) is 12.1 Å². The molecule has 1 N–H and O–H groups in total. The van der Waals surface area contributed by atoms with E-state index >= 15 is 0 Å². The van der Waals surface area contributed by atoms with Crippen molar-refractivity contribution in [3.63, 3.8) is 0 Å². The van der Waals surface area contributed by atoms with E-state index in [1.54, 1.807) is 12.4 Å². The molecule has 2 unspecified atom stereocenters. The second-order valence-electron chi connectivity index (χ2n) is 4.58. The second-order valence-corrected chi connectivity index (χ2v) is 4.58. The highest BCUT2D eigenvalue weighted by atomic mass is 19.2. The highest BCUT2D eigenvalue weighted by Crippen LogP contribution is 2.19. The molecule has 102 valence electrons. The first-order valence-corrected chi connectivity index (χ1v) is 6.04. The van der Waals surface area contributed by atoms with Gasteiger partial charge in [-0.05, 0) is 31.5 Å². The van der Waals surface area contributed by atoms with E-state index in [1.165, 1.54) is 6.07 Å². The lowest BCUT2D eigenvalue weighted by Crippen LogP contribution is -2.24. The van der Waals surface area contributed by atoms with Crippen molar-refractivity contribution >= 4 is 0 Å². The average Bonchev–Trinajstić information content (AvgIpc) is 2.79. The molecule has 0 bridgehead atoms. The van der Waals surface area contributed by atoms with E-state index in [0.29, 0.717) is 5.56 Å². The minimum absolute atomic E-state index is 0.0457. The molecule has 0 aliphatic heterocycles. The number of benzene rings is 1. The van der Waals surface area contributed by atoms with Gasteiger partial charge in [-0.1, -0.05) is 6.07 Å². The molecule has 1 heterocycles. The van der Waals surface area contributed by atoms with Crippen LogP contribution in [0.15, 0.2) is 24.5 Å². The Bertz CT molecular complexity index is 568. The number of hydrogen-bond acceptors (Lipinski definition) is 3. The third-order valence-electron chi connectivity index (χ3n) is 3.08. The molecule has 19 heavy (non-hydrogen) atoms. The number of halogens is 2. The van der Waals surface area contributed by atoms with Crippen LogP contribution >= 0.6 is 0 Å². The Morgan fingerprint density at radius 2 is 1.89 bits per heavy atom. The van der Waals surface area contributed by atoms with Crippen LogP contribution in [0, 0.1) is 11.6 Å². The lowest BCUT2D eigenvalue weighted by molar-refractivity contribution is 0.459. The molecule has 0 amide bonds. The maximum atomic E-state index is 13.2. The molecule has 2 aromatic rings. The molecule has 0 aliphatic rings. The molecule has 4 nitrogen and oxygen atoms in total. The van der Waals surface area contributed by atoms with Gasteiger partial charge in [0.2, 0.25) is 0 Å². The van der Waals surface area contributed by atoms with Gasteiger partial charge in [0, 0.05) is 13.1 Å². The summed E-state index contributed by atoms with van der Waals surface area (Å²) < 4.78 is 27.9. The topological polar surface area (TPSA) is 42.7 Å². The van der Waals surface area contributed by atoms with E-state index in [9.17, 15) is 8.78 Å². The van der Waals surface area contributed by atoms with E-state index in [1.807, 2.05) is 25.5 Å². The fourth-order valence-electron chi connectivity index (χ4n) is 2.01. The molecule has 2 atom stereocenters. The summed E-state index contributed by atoms with van der Waals surface area (Å²) in [6, 6.07) is 3.74. The lowest BCUT2D eigenvalue weighted by atomic mass is 10.1. The standard InChI is InChI=1S/C13H16F2N4/c1-8(10-4-5-11(14)12(15)6-10)17-9(2)13-18-16-7-19(13)3/h4-9,17H,1-3H3. The maximum Gasteiger partial charge on any atom is 0.159 e. The summed E-state index contributed by atoms with van der Waals surface area (Å²) in [7, 11) is 1.86. The molecule has 0 aliphatic carbocycles. The first kappa shape index (κ1) is 13.6. The zero-order valence-corrected chi connectivity index (χ0v) is 11.1. The van der Waals surface area contributed by atoms with Gasteiger partial charge in [0.05, 0.1) is 6.04 Å². The largest absolute Gasteiger partial charge is 0.319 e. The maximum absolute atomic E-state index is 13.2. The molecule has 1 aromatic carbocycles. The Morgan fingerprint density at radius 1 is 1.16 bits per heavy atom. The fourth-order valence-corrected chi connectivity index (χ4v) is 2.01. The predicted molar refractivity (Wildman–Crippen MR) is 67.3 cm³/mol. The molecule has 0 saturated heterocycles.